The molecule has 0 aliphatic carbocycles. The molecule has 1 aromatic carbocycles. The fourth-order valence-corrected chi connectivity index (χ4v) is 1.44. The summed E-state index contributed by atoms with van der Waals surface area (Å²) in [6.45, 7) is 5.05. The highest BCUT2D eigenvalue weighted by Gasteiger charge is 2.06. The van der Waals surface area contributed by atoms with Gasteiger partial charge in [0.05, 0.1) is 5.56 Å². The lowest BCUT2D eigenvalue weighted by Crippen LogP contribution is -2.28. The van der Waals surface area contributed by atoms with Gasteiger partial charge in [-0.25, -0.2) is 4.79 Å². The number of hydrogen-bond acceptors (Lipinski definition) is 3. The molecule has 0 aliphatic heterocycles. The molecule has 1 aromatic rings. The molecular formula is C14H17NO3. The fourth-order valence-electron chi connectivity index (χ4n) is 1.44. The Hall–Kier alpha value is -2.10. The van der Waals surface area contributed by atoms with Crippen LogP contribution >= 0.6 is 0 Å². The molecule has 0 unspecified atom stereocenters. The van der Waals surface area contributed by atoms with Gasteiger partial charge in [0, 0.05) is 19.2 Å². The standard InChI is InChI=1S/C14H17NO3/c1-3-15(4-2)13(16)10-11-18-14(17)12-8-6-5-7-9-12/h5-11H,3-4H2,1-2H3/b11-10+. The Labute approximate surface area is 107 Å². The van der Waals surface area contributed by atoms with Gasteiger partial charge < -0.3 is 9.64 Å². The van der Waals surface area contributed by atoms with Crippen molar-refractivity contribution in [1.29, 1.82) is 0 Å². The highest BCUT2D eigenvalue weighted by atomic mass is 16.5. The number of amides is 1. The lowest BCUT2D eigenvalue weighted by Gasteiger charge is -2.15. The van der Waals surface area contributed by atoms with Crippen LogP contribution in [-0.2, 0) is 9.53 Å². The summed E-state index contributed by atoms with van der Waals surface area (Å²) in [5.41, 5.74) is 0.456. The van der Waals surface area contributed by atoms with Gasteiger partial charge in [0.25, 0.3) is 0 Å². The third-order valence-corrected chi connectivity index (χ3v) is 2.47. The van der Waals surface area contributed by atoms with E-state index in [2.05, 4.69) is 0 Å². The maximum Gasteiger partial charge on any atom is 0.342 e. The fraction of sp³-hybridized carbons (Fsp3) is 0.286. The van der Waals surface area contributed by atoms with Crippen molar-refractivity contribution in [3.63, 3.8) is 0 Å². The van der Waals surface area contributed by atoms with Gasteiger partial charge in [-0.15, -0.1) is 0 Å². The van der Waals surface area contributed by atoms with Crippen LogP contribution in [0, 0.1) is 0 Å². The van der Waals surface area contributed by atoms with Crippen molar-refractivity contribution < 1.29 is 14.3 Å². The Morgan fingerprint density at radius 3 is 2.33 bits per heavy atom. The van der Waals surface area contributed by atoms with Crippen LogP contribution in [-0.4, -0.2) is 29.9 Å². The van der Waals surface area contributed by atoms with Crippen LogP contribution in [0.1, 0.15) is 24.2 Å². The van der Waals surface area contributed by atoms with Crippen molar-refractivity contribution in [3.05, 3.63) is 48.2 Å². The van der Waals surface area contributed by atoms with Gasteiger partial charge in [-0.2, -0.15) is 0 Å². The molecule has 18 heavy (non-hydrogen) atoms. The molecule has 0 aromatic heterocycles. The van der Waals surface area contributed by atoms with Gasteiger partial charge in [-0.3, -0.25) is 4.79 Å². The molecule has 0 heterocycles. The van der Waals surface area contributed by atoms with Gasteiger partial charge in [0.15, 0.2) is 0 Å². The van der Waals surface area contributed by atoms with E-state index < -0.39 is 5.97 Å². The number of hydrogen-bond donors (Lipinski definition) is 0. The van der Waals surface area contributed by atoms with E-state index in [1.54, 1.807) is 29.2 Å². The summed E-state index contributed by atoms with van der Waals surface area (Å²) >= 11 is 0. The molecule has 0 spiro atoms. The quantitative estimate of drug-likeness (QED) is 0.455. The highest BCUT2D eigenvalue weighted by molar-refractivity contribution is 5.91. The summed E-state index contributed by atoms with van der Waals surface area (Å²) in [6.07, 6.45) is 2.39. The van der Waals surface area contributed by atoms with Crippen molar-refractivity contribution >= 4 is 11.9 Å². The molecule has 0 saturated heterocycles. The highest BCUT2D eigenvalue weighted by Crippen LogP contribution is 2.01. The first-order valence-corrected chi connectivity index (χ1v) is 5.90. The third kappa shape index (κ3) is 4.05. The second-order valence-electron chi connectivity index (χ2n) is 3.58. The molecule has 1 rings (SSSR count). The van der Waals surface area contributed by atoms with Crippen molar-refractivity contribution in [2.75, 3.05) is 13.1 Å². The molecule has 4 nitrogen and oxygen atoms in total. The minimum atomic E-state index is -0.473. The lowest BCUT2D eigenvalue weighted by atomic mass is 10.2. The first-order valence-electron chi connectivity index (χ1n) is 5.90. The molecule has 1 amide bonds. The number of carbonyl (C=O) groups is 2. The number of ether oxygens (including phenoxy) is 1. The summed E-state index contributed by atoms with van der Waals surface area (Å²) in [4.78, 5) is 24.7. The Kier molecular flexibility index (Phi) is 5.64. The summed E-state index contributed by atoms with van der Waals surface area (Å²) in [5, 5.41) is 0. The molecule has 4 heteroatoms. The van der Waals surface area contributed by atoms with Gasteiger partial charge >= 0.3 is 5.97 Å². The van der Waals surface area contributed by atoms with E-state index in [0.717, 1.165) is 6.26 Å². The van der Waals surface area contributed by atoms with Gasteiger partial charge in [0.2, 0.25) is 5.91 Å². The van der Waals surface area contributed by atoms with Crippen molar-refractivity contribution in [2.24, 2.45) is 0 Å². The Morgan fingerprint density at radius 1 is 1.17 bits per heavy atom. The average molecular weight is 247 g/mol. The SMILES string of the molecule is CCN(CC)C(=O)/C=C/OC(=O)c1ccccc1. The Balaban J connectivity index is 2.50. The van der Waals surface area contributed by atoms with Crippen LogP contribution in [0.25, 0.3) is 0 Å². The van der Waals surface area contributed by atoms with E-state index in [0.29, 0.717) is 18.7 Å². The van der Waals surface area contributed by atoms with E-state index in [9.17, 15) is 9.59 Å². The Bertz CT molecular complexity index is 422. The number of benzene rings is 1. The normalized spacial score (nSPS) is 10.3. The Morgan fingerprint density at radius 2 is 1.78 bits per heavy atom. The van der Waals surface area contributed by atoms with Crippen LogP contribution in [0.15, 0.2) is 42.7 Å². The molecule has 0 saturated carbocycles. The summed E-state index contributed by atoms with van der Waals surface area (Å²) in [5.74, 6) is -0.639. The smallest absolute Gasteiger partial charge is 0.342 e. The number of nitrogens with zero attached hydrogens (tertiary/aromatic N) is 1. The van der Waals surface area contributed by atoms with E-state index in [-0.39, 0.29) is 5.91 Å². The van der Waals surface area contributed by atoms with Crippen molar-refractivity contribution in [3.8, 4) is 0 Å². The number of rotatable bonds is 5. The molecule has 0 fully saturated rings. The van der Waals surface area contributed by atoms with Gasteiger partial charge in [0.1, 0.15) is 6.26 Å². The minimum Gasteiger partial charge on any atom is -0.431 e. The first kappa shape index (κ1) is 14.0. The second-order valence-corrected chi connectivity index (χ2v) is 3.58. The maximum atomic E-state index is 11.6. The first-order chi connectivity index (χ1) is 8.69. The molecule has 0 bridgehead atoms. The van der Waals surface area contributed by atoms with Crippen LogP contribution < -0.4 is 0 Å². The number of likely N-dealkylation sites (N-methyl/N-ethyl adjacent to an activating group) is 1. The average Bonchev–Trinajstić information content (AvgIpc) is 2.41. The molecule has 0 atom stereocenters. The molecule has 0 N–H and O–H groups in total. The van der Waals surface area contributed by atoms with E-state index >= 15 is 0 Å². The largest absolute Gasteiger partial charge is 0.431 e. The second kappa shape index (κ2) is 7.27. The zero-order valence-electron chi connectivity index (χ0n) is 10.6. The molecule has 0 radical (unpaired) electrons. The molecular weight excluding hydrogens is 230 g/mol. The number of carbonyl (C=O) groups excluding carboxylic acids is 2. The molecule has 0 aliphatic rings. The number of esters is 1. The van der Waals surface area contributed by atoms with Gasteiger partial charge in [-0.05, 0) is 26.0 Å². The topological polar surface area (TPSA) is 46.6 Å². The van der Waals surface area contributed by atoms with E-state index in [4.69, 9.17) is 4.74 Å². The monoisotopic (exact) mass is 247 g/mol. The van der Waals surface area contributed by atoms with Crippen LogP contribution in [0.3, 0.4) is 0 Å². The molecule has 96 valence electrons. The van der Waals surface area contributed by atoms with Gasteiger partial charge in [-0.1, -0.05) is 18.2 Å². The summed E-state index contributed by atoms with van der Waals surface area (Å²) < 4.78 is 4.87. The van der Waals surface area contributed by atoms with Crippen LogP contribution in [0.4, 0.5) is 0 Å². The zero-order valence-corrected chi connectivity index (χ0v) is 10.6. The lowest BCUT2D eigenvalue weighted by molar-refractivity contribution is -0.125. The van der Waals surface area contributed by atoms with Crippen molar-refractivity contribution in [2.45, 2.75) is 13.8 Å². The predicted octanol–water partition coefficient (Wildman–Crippen LogP) is 2.23. The van der Waals surface area contributed by atoms with E-state index in [1.165, 1.54) is 6.08 Å². The minimum absolute atomic E-state index is 0.166. The van der Waals surface area contributed by atoms with Crippen molar-refractivity contribution in [1.82, 2.24) is 4.90 Å². The predicted molar refractivity (Wildman–Crippen MR) is 68.9 cm³/mol. The zero-order chi connectivity index (χ0) is 13.4. The third-order valence-electron chi connectivity index (χ3n) is 2.47. The van der Waals surface area contributed by atoms with E-state index in [1.807, 2.05) is 19.9 Å². The van der Waals surface area contributed by atoms with Crippen LogP contribution in [0.5, 0.6) is 0 Å². The maximum absolute atomic E-state index is 11.6. The van der Waals surface area contributed by atoms with Crippen LogP contribution in [0.2, 0.25) is 0 Å². The summed E-state index contributed by atoms with van der Waals surface area (Å²) in [7, 11) is 0. The summed E-state index contributed by atoms with van der Waals surface area (Å²) in [6, 6.07) is 8.63.